The van der Waals surface area contributed by atoms with Gasteiger partial charge >= 0.3 is 5.97 Å². The minimum atomic E-state index is -1.24. The predicted molar refractivity (Wildman–Crippen MR) is 154 cm³/mol. The monoisotopic (exact) mass is 541 g/mol. The zero-order valence-electron chi connectivity index (χ0n) is 24.2. The SMILES string of the molecule is Cc1nc(C(=O)C(C)C(C)CC2CCC(C)CC2)c(C)c(-c2ccc(Cl)cc2)c1C(OC(C)(C)C)C(=O)O. The molecule has 1 aliphatic carbocycles. The van der Waals surface area contributed by atoms with Crippen LogP contribution in [0.3, 0.4) is 0 Å². The normalized spacial score (nSPS) is 20.6. The smallest absolute Gasteiger partial charge is 0.337 e. The zero-order chi connectivity index (χ0) is 28.4. The quantitative estimate of drug-likeness (QED) is 0.321. The van der Waals surface area contributed by atoms with Crippen molar-refractivity contribution in [2.75, 3.05) is 0 Å². The lowest BCUT2D eigenvalue weighted by molar-refractivity contribution is -0.160. The van der Waals surface area contributed by atoms with Crippen molar-refractivity contribution in [3.8, 4) is 11.1 Å². The molecule has 0 spiro atoms. The van der Waals surface area contributed by atoms with E-state index in [1.807, 2.05) is 46.8 Å². The van der Waals surface area contributed by atoms with Crippen LogP contribution >= 0.6 is 11.6 Å². The van der Waals surface area contributed by atoms with Gasteiger partial charge in [0.2, 0.25) is 0 Å². The van der Waals surface area contributed by atoms with Crippen LogP contribution in [0.5, 0.6) is 0 Å². The van der Waals surface area contributed by atoms with Crippen LogP contribution in [0.4, 0.5) is 0 Å². The molecule has 1 saturated carbocycles. The number of hydrogen-bond donors (Lipinski definition) is 1. The highest BCUT2D eigenvalue weighted by Crippen LogP contribution is 2.40. The molecule has 3 atom stereocenters. The minimum Gasteiger partial charge on any atom is -0.479 e. The second kappa shape index (κ2) is 12.3. The molecule has 1 heterocycles. The van der Waals surface area contributed by atoms with E-state index in [1.54, 1.807) is 19.1 Å². The van der Waals surface area contributed by atoms with Crippen molar-refractivity contribution in [2.24, 2.45) is 23.7 Å². The first-order chi connectivity index (χ1) is 17.7. The van der Waals surface area contributed by atoms with Gasteiger partial charge in [0.05, 0.1) is 5.60 Å². The molecular formula is C32H44ClNO4. The summed E-state index contributed by atoms with van der Waals surface area (Å²) in [4.78, 5) is 31.1. The molecule has 38 heavy (non-hydrogen) atoms. The Bertz CT molecular complexity index is 1140. The molecule has 3 unspecified atom stereocenters. The van der Waals surface area contributed by atoms with E-state index in [0.717, 1.165) is 17.9 Å². The fourth-order valence-electron chi connectivity index (χ4n) is 5.72. The number of benzene rings is 1. The van der Waals surface area contributed by atoms with Crippen molar-refractivity contribution in [1.29, 1.82) is 0 Å². The molecule has 0 bridgehead atoms. The Labute approximate surface area is 233 Å². The third kappa shape index (κ3) is 7.24. The molecule has 208 valence electrons. The average Bonchev–Trinajstić information content (AvgIpc) is 2.84. The zero-order valence-corrected chi connectivity index (χ0v) is 25.0. The number of ketones is 1. The first-order valence-corrected chi connectivity index (χ1v) is 14.3. The second-order valence-electron chi connectivity index (χ2n) is 12.4. The first kappa shape index (κ1) is 30.3. The van der Waals surface area contributed by atoms with Crippen molar-refractivity contribution >= 4 is 23.4 Å². The summed E-state index contributed by atoms with van der Waals surface area (Å²) in [7, 11) is 0. The van der Waals surface area contributed by atoms with Gasteiger partial charge in [0.1, 0.15) is 5.69 Å². The topological polar surface area (TPSA) is 76.5 Å². The molecule has 3 rings (SSSR count). The number of aryl methyl sites for hydroxylation is 1. The summed E-state index contributed by atoms with van der Waals surface area (Å²) in [5.41, 5.74) is 2.80. The van der Waals surface area contributed by atoms with Crippen LogP contribution in [0.2, 0.25) is 5.02 Å². The third-order valence-corrected chi connectivity index (χ3v) is 8.35. The Morgan fingerprint density at radius 2 is 1.66 bits per heavy atom. The molecule has 0 radical (unpaired) electrons. The van der Waals surface area contributed by atoms with Gasteiger partial charge < -0.3 is 9.84 Å². The molecule has 0 saturated heterocycles. The number of nitrogens with zero attached hydrogens (tertiary/aromatic N) is 1. The van der Waals surface area contributed by atoms with E-state index < -0.39 is 17.7 Å². The number of aromatic nitrogens is 1. The molecule has 1 aromatic carbocycles. The molecule has 5 nitrogen and oxygen atoms in total. The molecule has 1 aromatic heterocycles. The van der Waals surface area contributed by atoms with Gasteiger partial charge in [-0.25, -0.2) is 9.78 Å². The summed E-state index contributed by atoms with van der Waals surface area (Å²) in [6, 6.07) is 7.25. The lowest BCUT2D eigenvalue weighted by atomic mass is 9.75. The first-order valence-electron chi connectivity index (χ1n) is 13.9. The van der Waals surface area contributed by atoms with Crippen molar-refractivity contribution in [3.63, 3.8) is 0 Å². The lowest BCUT2D eigenvalue weighted by Gasteiger charge is -2.31. The summed E-state index contributed by atoms with van der Waals surface area (Å²) in [5.74, 6) is 0.430. The number of Topliss-reactive ketones (excluding diaryl/α,β-unsaturated/α-hetero) is 1. The van der Waals surface area contributed by atoms with Crippen LogP contribution in [0.25, 0.3) is 11.1 Å². The summed E-state index contributed by atoms with van der Waals surface area (Å²) < 4.78 is 6.03. The lowest BCUT2D eigenvalue weighted by Crippen LogP contribution is -2.29. The molecule has 2 aromatic rings. The average molecular weight is 542 g/mol. The van der Waals surface area contributed by atoms with Crippen molar-refractivity contribution in [3.05, 3.63) is 51.8 Å². The minimum absolute atomic E-state index is 0.00709. The number of ether oxygens (including phenoxy) is 1. The Kier molecular flexibility index (Phi) is 9.81. The molecule has 0 amide bonds. The van der Waals surface area contributed by atoms with Crippen molar-refractivity contribution < 1.29 is 19.4 Å². The number of hydrogen-bond acceptors (Lipinski definition) is 4. The van der Waals surface area contributed by atoms with E-state index >= 15 is 0 Å². The Morgan fingerprint density at radius 1 is 1.08 bits per heavy atom. The van der Waals surface area contributed by atoms with Crippen LogP contribution < -0.4 is 0 Å². The molecule has 0 aliphatic heterocycles. The maximum atomic E-state index is 13.9. The Hall–Kier alpha value is -2.24. The predicted octanol–water partition coefficient (Wildman–Crippen LogP) is 8.63. The largest absolute Gasteiger partial charge is 0.479 e. The van der Waals surface area contributed by atoms with Gasteiger partial charge in [-0.1, -0.05) is 70.2 Å². The fourth-order valence-corrected chi connectivity index (χ4v) is 5.84. The van der Waals surface area contributed by atoms with E-state index in [4.69, 9.17) is 21.3 Å². The summed E-state index contributed by atoms with van der Waals surface area (Å²) in [5, 5.41) is 10.8. The van der Waals surface area contributed by atoms with Crippen molar-refractivity contribution in [1.82, 2.24) is 4.98 Å². The van der Waals surface area contributed by atoms with Crippen molar-refractivity contribution in [2.45, 2.75) is 99.2 Å². The molecule has 1 fully saturated rings. The molecule has 6 heteroatoms. The van der Waals surface area contributed by atoms with Gasteiger partial charge in [0.25, 0.3) is 0 Å². The highest BCUT2D eigenvalue weighted by Gasteiger charge is 2.35. The number of rotatable bonds is 9. The van der Waals surface area contributed by atoms with Crippen LogP contribution in [-0.4, -0.2) is 27.4 Å². The number of carboxylic acid groups (broad SMARTS) is 1. The van der Waals surface area contributed by atoms with Crippen LogP contribution in [0, 0.1) is 37.5 Å². The summed E-state index contributed by atoms with van der Waals surface area (Å²) >= 11 is 6.17. The van der Waals surface area contributed by atoms with Gasteiger partial charge in [-0.3, -0.25) is 4.79 Å². The fraction of sp³-hybridized carbons (Fsp3) is 0.594. The second-order valence-corrected chi connectivity index (χ2v) is 12.8. The number of carboxylic acids is 1. The standard InChI is InChI=1S/C32H44ClNO4/c1-18-9-11-23(12-10-18)17-19(2)20(3)29(35)28-21(4)26(24-13-15-25(33)16-14-24)27(22(5)34-28)30(31(36)37)38-32(6,7)8/h13-16,18-20,23,30H,9-12,17H2,1-8H3,(H,36,37). The van der Waals surface area contributed by atoms with E-state index in [9.17, 15) is 14.7 Å². The number of carbonyl (C=O) groups is 2. The van der Waals surface area contributed by atoms with Crippen LogP contribution in [0.1, 0.15) is 107 Å². The van der Waals surface area contributed by atoms with Crippen LogP contribution in [-0.2, 0) is 9.53 Å². The number of aliphatic carboxylic acids is 1. The number of carbonyl (C=O) groups excluding carboxylic acids is 1. The molecule has 1 N–H and O–H groups in total. The molecule has 1 aliphatic rings. The van der Waals surface area contributed by atoms with Crippen LogP contribution in [0.15, 0.2) is 24.3 Å². The number of halogens is 1. The van der Waals surface area contributed by atoms with Gasteiger partial charge in [-0.05, 0) is 87.6 Å². The maximum Gasteiger partial charge on any atom is 0.337 e. The highest BCUT2D eigenvalue weighted by atomic mass is 35.5. The van der Waals surface area contributed by atoms with Gasteiger partial charge in [0.15, 0.2) is 11.9 Å². The number of pyridine rings is 1. The van der Waals surface area contributed by atoms with Gasteiger partial charge in [-0.15, -0.1) is 0 Å². The van der Waals surface area contributed by atoms with E-state index in [2.05, 4.69) is 13.8 Å². The summed E-state index contributed by atoms with van der Waals surface area (Å²) in [6.45, 7) is 15.6. The van der Waals surface area contributed by atoms with E-state index in [-0.39, 0.29) is 17.6 Å². The van der Waals surface area contributed by atoms with E-state index in [1.165, 1.54) is 25.7 Å². The maximum absolute atomic E-state index is 13.9. The third-order valence-electron chi connectivity index (χ3n) is 8.10. The summed E-state index contributed by atoms with van der Waals surface area (Å²) in [6.07, 6.45) is 4.83. The Morgan fingerprint density at radius 3 is 2.18 bits per heavy atom. The van der Waals surface area contributed by atoms with Gasteiger partial charge in [0, 0.05) is 22.2 Å². The Balaban J connectivity index is 2.06. The van der Waals surface area contributed by atoms with Gasteiger partial charge in [-0.2, -0.15) is 0 Å². The highest BCUT2D eigenvalue weighted by molar-refractivity contribution is 6.30. The van der Waals surface area contributed by atoms with E-state index in [0.29, 0.717) is 39.0 Å². The molecular weight excluding hydrogens is 498 g/mol.